The fourth-order valence-corrected chi connectivity index (χ4v) is 2.77. The first kappa shape index (κ1) is 11.4. The summed E-state index contributed by atoms with van der Waals surface area (Å²) in [5, 5.41) is 8.79. The zero-order valence-corrected chi connectivity index (χ0v) is 10.2. The van der Waals surface area contributed by atoms with Crippen LogP contribution in [0.25, 0.3) is 0 Å². The lowest BCUT2D eigenvalue weighted by molar-refractivity contribution is -0.0206. The molecule has 0 aromatic heterocycles. The van der Waals surface area contributed by atoms with Gasteiger partial charge in [0.1, 0.15) is 0 Å². The molecule has 3 nitrogen and oxygen atoms in total. The summed E-state index contributed by atoms with van der Waals surface area (Å²) >= 11 is 0. The number of hydrogen-bond acceptors (Lipinski definition) is 3. The smallest absolute Gasteiger partial charge is 0.0288 e. The summed E-state index contributed by atoms with van der Waals surface area (Å²) in [4.78, 5) is 0. The molecule has 0 spiro atoms. The minimum atomic E-state index is 0.622. The number of hydrogen-bond donors (Lipinski definition) is 1. The highest BCUT2D eigenvalue weighted by Gasteiger charge is 2.27. The van der Waals surface area contributed by atoms with Crippen molar-refractivity contribution in [1.82, 2.24) is 15.3 Å². The van der Waals surface area contributed by atoms with Gasteiger partial charge in [-0.2, -0.15) is 0 Å². The van der Waals surface area contributed by atoms with Gasteiger partial charge in [-0.3, -0.25) is 0 Å². The third kappa shape index (κ3) is 3.16. The topological polar surface area (TPSA) is 18.5 Å². The molecule has 1 unspecified atom stereocenters. The van der Waals surface area contributed by atoms with E-state index in [9.17, 15) is 0 Å². The molecule has 2 aliphatic heterocycles. The highest BCUT2D eigenvalue weighted by Crippen LogP contribution is 2.17. The number of rotatable bonds is 3. The molecule has 0 bridgehead atoms. The molecule has 0 aromatic carbocycles. The first-order valence-corrected chi connectivity index (χ1v) is 6.51. The molecular formula is C12H25N3. The zero-order valence-electron chi connectivity index (χ0n) is 10.2. The van der Waals surface area contributed by atoms with Crippen LogP contribution in [0.4, 0.5) is 0 Å². The quantitative estimate of drug-likeness (QED) is 0.762. The van der Waals surface area contributed by atoms with E-state index in [2.05, 4.69) is 29.2 Å². The van der Waals surface area contributed by atoms with Gasteiger partial charge in [0.25, 0.3) is 0 Å². The molecule has 0 aliphatic carbocycles. The van der Waals surface area contributed by atoms with E-state index in [4.69, 9.17) is 0 Å². The maximum Gasteiger partial charge on any atom is 0.0288 e. The summed E-state index contributed by atoms with van der Waals surface area (Å²) in [5.41, 5.74) is 0. The molecule has 1 atom stereocenters. The van der Waals surface area contributed by atoms with E-state index in [-0.39, 0.29) is 0 Å². The van der Waals surface area contributed by atoms with Crippen molar-refractivity contribution in [1.29, 1.82) is 0 Å². The van der Waals surface area contributed by atoms with Crippen molar-refractivity contribution >= 4 is 0 Å². The first-order valence-electron chi connectivity index (χ1n) is 6.51. The minimum absolute atomic E-state index is 0.622. The molecule has 0 saturated carbocycles. The molecule has 2 aliphatic rings. The van der Waals surface area contributed by atoms with Crippen LogP contribution in [0.1, 0.15) is 39.5 Å². The van der Waals surface area contributed by atoms with Crippen LogP contribution in [0.15, 0.2) is 0 Å². The van der Waals surface area contributed by atoms with Gasteiger partial charge < -0.3 is 5.32 Å². The van der Waals surface area contributed by atoms with Crippen molar-refractivity contribution in [3.8, 4) is 0 Å². The largest absolute Gasteiger partial charge is 0.310 e. The fraction of sp³-hybridized carbons (Fsp3) is 1.00. The molecule has 2 fully saturated rings. The zero-order chi connectivity index (χ0) is 10.7. The Kier molecular flexibility index (Phi) is 4.00. The van der Waals surface area contributed by atoms with Gasteiger partial charge in [0.15, 0.2) is 0 Å². The molecule has 2 rings (SSSR count). The summed E-state index contributed by atoms with van der Waals surface area (Å²) in [6, 6.07) is 1.34. The Morgan fingerprint density at radius 1 is 1.00 bits per heavy atom. The molecule has 2 heterocycles. The Balaban J connectivity index is 1.76. The van der Waals surface area contributed by atoms with E-state index in [1.165, 1.54) is 51.9 Å². The van der Waals surface area contributed by atoms with Crippen molar-refractivity contribution in [2.75, 3.05) is 26.2 Å². The van der Waals surface area contributed by atoms with Gasteiger partial charge in [-0.1, -0.05) is 20.3 Å². The minimum Gasteiger partial charge on any atom is -0.310 e. The number of nitrogens with zero attached hydrogens (tertiary/aromatic N) is 2. The molecule has 0 radical (unpaired) electrons. The van der Waals surface area contributed by atoms with Crippen LogP contribution in [0.5, 0.6) is 0 Å². The van der Waals surface area contributed by atoms with Crippen LogP contribution in [0, 0.1) is 0 Å². The third-order valence-corrected chi connectivity index (χ3v) is 3.47. The van der Waals surface area contributed by atoms with Gasteiger partial charge in [-0.15, -0.1) is 0 Å². The van der Waals surface area contributed by atoms with Crippen molar-refractivity contribution in [3.63, 3.8) is 0 Å². The van der Waals surface area contributed by atoms with Crippen LogP contribution >= 0.6 is 0 Å². The summed E-state index contributed by atoms with van der Waals surface area (Å²) < 4.78 is 0. The van der Waals surface area contributed by atoms with Gasteiger partial charge in [-0.05, 0) is 19.3 Å². The van der Waals surface area contributed by atoms with Crippen molar-refractivity contribution in [3.05, 3.63) is 0 Å². The normalized spacial score (nSPS) is 30.2. The predicted octanol–water partition coefficient (Wildman–Crippen LogP) is 1.46. The Morgan fingerprint density at radius 3 is 2.40 bits per heavy atom. The van der Waals surface area contributed by atoms with Crippen molar-refractivity contribution in [2.45, 2.75) is 51.6 Å². The molecular weight excluding hydrogens is 186 g/mol. The fourth-order valence-electron chi connectivity index (χ4n) is 2.77. The highest BCUT2D eigenvalue weighted by atomic mass is 15.6. The van der Waals surface area contributed by atoms with E-state index in [1.807, 2.05) is 0 Å². The number of piperidine rings is 1. The molecule has 0 amide bonds. The molecule has 3 heteroatoms. The van der Waals surface area contributed by atoms with E-state index in [0.29, 0.717) is 12.1 Å². The summed E-state index contributed by atoms with van der Waals surface area (Å²) in [6.07, 6.45) is 5.52. The standard InChI is InChI=1S/C12H25N3/c1-11(2)13-12-6-9-15(10-12)14-7-4-3-5-8-14/h11-13H,3-10H2,1-2H3. The maximum absolute atomic E-state index is 3.64. The van der Waals surface area contributed by atoms with Gasteiger partial charge in [0.2, 0.25) is 0 Å². The average Bonchev–Trinajstić information content (AvgIpc) is 2.67. The lowest BCUT2D eigenvalue weighted by Crippen LogP contribution is -2.46. The maximum atomic E-state index is 3.64. The van der Waals surface area contributed by atoms with E-state index < -0.39 is 0 Å². The van der Waals surface area contributed by atoms with Crippen LogP contribution in [-0.4, -0.2) is 48.3 Å². The Morgan fingerprint density at radius 2 is 1.73 bits per heavy atom. The number of nitrogens with one attached hydrogen (secondary N) is 1. The first-order chi connectivity index (χ1) is 7.25. The van der Waals surface area contributed by atoms with Crippen LogP contribution in [0.3, 0.4) is 0 Å². The SMILES string of the molecule is CC(C)NC1CCN(N2CCCCC2)C1. The van der Waals surface area contributed by atoms with Gasteiger partial charge >= 0.3 is 0 Å². The van der Waals surface area contributed by atoms with Crippen LogP contribution in [0.2, 0.25) is 0 Å². The second-order valence-electron chi connectivity index (χ2n) is 5.23. The monoisotopic (exact) mass is 211 g/mol. The van der Waals surface area contributed by atoms with Gasteiger partial charge in [-0.25, -0.2) is 10.0 Å². The van der Waals surface area contributed by atoms with Crippen LogP contribution in [-0.2, 0) is 0 Å². The summed E-state index contributed by atoms with van der Waals surface area (Å²) in [7, 11) is 0. The molecule has 2 saturated heterocycles. The summed E-state index contributed by atoms with van der Waals surface area (Å²) in [5.74, 6) is 0. The average molecular weight is 211 g/mol. The molecule has 0 aromatic rings. The molecule has 88 valence electrons. The lowest BCUT2D eigenvalue weighted by atomic mass is 10.2. The van der Waals surface area contributed by atoms with E-state index in [1.54, 1.807) is 0 Å². The van der Waals surface area contributed by atoms with Crippen molar-refractivity contribution in [2.24, 2.45) is 0 Å². The van der Waals surface area contributed by atoms with Crippen molar-refractivity contribution < 1.29 is 0 Å². The van der Waals surface area contributed by atoms with E-state index in [0.717, 1.165) is 0 Å². The predicted molar refractivity (Wildman–Crippen MR) is 63.7 cm³/mol. The lowest BCUT2D eigenvalue weighted by Gasteiger charge is -2.34. The molecule has 15 heavy (non-hydrogen) atoms. The number of hydrazine groups is 1. The second kappa shape index (κ2) is 5.28. The second-order valence-corrected chi connectivity index (χ2v) is 5.23. The van der Waals surface area contributed by atoms with Gasteiger partial charge in [0.05, 0.1) is 0 Å². The summed E-state index contributed by atoms with van der Waals surface area (Å²) in [6.45, 7) is 9.53. The Hall–Kier alpha value is -0.120. The van der Waals surface area contributed by atoms with Crippen LogP contribution < -0.4 is 5.32 Å². The molecule has 1 N–H and O–H groups in total. The highest BCUT2D eigenvalue weighted by molar-refractivity contribution is 4.81. The van der Waals surface area contributed by atoms with Gasteiger partial charge in [0, 0.05) is 38.3 Å². The Labute approximate surface area is 93.8 Å². The van der Waals surface area contributed by atoms with E-state index >= 15 is 0 Å². The third-order valence-electron chi connectivity index (χ3n) is 3.47. The Bertz CT molecular complexity index is 187.